The van der Waals surface area contributed by atoms with Gasteiger partial charge in [0.05, 0.1) is 0 Å². The van der Waals surface area contributed by atoms with Gasteiger partial charge >= 0.3 is 0 Å². The molecule has 47 heavy (non-hydrogen) atoms. The summed E-state index contributed by atoms with van der Waals surface area (Å²) in [5.41, 5.74) is 6.68. The molecule has 1 aliphatic carbocycles. The lowest BCUT2D eigenvalue weighted by atomic mass is 9.91. The molecule has 0 radical (unpaired) electrons. The van der Waals surface area contributed by atoms with Crippen LogP contribution in [0.3, 0.4) is 0 Å². The average molecular weight is 643 g/mol. The van der Waals surface area contributed by atoms with Gasteiger partial charge in [-0.05, 0) is 67.8 Å². The van der Waals surface area contributed by atoms with Crippen LogP contribution in [0.4, 0.5) is 0 Å². The molecule has 236 valence electrons. The first-order valence-electron chi connectivity index (χ1n) is 15.5. The van der Waals surface area contributed by atoms with Crippen LogP contribution in [-0.4, -0.2) is 25.5 Å². The topological polar surface area (TPSA) is 101 Å². The number of rotatable bonds is 0. The molecule has 0 unspecified atom stereocenters. The third-order valence-corrected chi connectivity index (χ3v) is 8.91. The Hall–Kier alpha value is -5.39. The first-order valence-corrected chi connectivity index (χ1v) is 15.9. The molecular formula is C41H35ClO5. The molecule has 10 bridgehead atoms. The van der Waals surface area contributed by atoms with Crippen molar-refractivity contribution in [3.8, 4) is 28.7 Å². The predicted molar refractivity (Wildman–Crippen MR) is 186 cm³/mol. The van der Waals surface area contributed by atoms with Gasteiger partial charge in [0.15, 0.2) is 0 Å². The van der Waals surface area contributed by atoms with E-state index in [2.05, 4.69) is 0 Å². The molecule has 0 spiro atoms. The van der Waals surface area contributed by atoms with Gasteiger partial charge in [-0.1, -0.05) is 121 Å². The van der Waals surface area contributed by atoms with E-state index in [4.69, 9.17) is 11.6 Å². The Balaban J connectivity index is 0.000000491. The zero-order valence-corrected chi connectivity index (χ0v) is 26.5. The lowest BCUT2D eigenvalue weighted by molar-refractivity contribution is 0.451. The number of fused-ring (bicyclic) bond motifs is 10. The van der Waals surface area contributed by atoms with Crippen LogP contribution in [0.2, 0.25) is 5.02 Å². The maximum atomic E-state index is 11.2. The number of hydrogen-bond donors (Lipinski definition) is 5. The number of para-hydroxylation sites is 5. The standard InChI is InChI=1S/C35H30O5.C6H5Cl/c36-31-21-6-1-7-22(31)17-24-9-3-11-26(33(24)38)19-28-13-5-15-30(35(28)40)20-29-14-4-12-27(34(29)39)18-25-10-2-8-23(16-21)32(25)37;7-6-4-2-1-3-5-6/h1-15,36-40H,16-20H2;1-5H. The molecule has 1 aliphatic rings. The number of phenolic OH excluding ortho intramolecular Hbond substituents is 5. The van der Waals surface area contributed by atoms with Crippen LogP contribution in [0.5, 0.6) is 28.7 Å². The Kier molecular flexibility index (Phi) is 9.37. The number of hydrogen-bond acceptors (Lipinski definition) is 5. The van der Waals surface area contributed by atoms with E-state index in [1.54, 1.807) is 0 Å². The summed E-state index contributed by atoms with van der Waals surface area (Å²) < 4.78 is 0. The van der Waals surface area contributed by atoms with Crippen molar-refractivity contribution in [1.29, 1.82) is 0 Å². The Morgan fingerprint density at radius 1 is 0.277 bits per heavy atom. The van der Waals surface area contributed by atoms with Gasteiger partial charge in [-0.3, -0.25) is 0 Å². The molecule has 5 nitrogen and oxygen atoms in total. The normalized spacial score (nSPS) is 12.4. The fourth-order valence-corrected chi connectivity index (χ4v) is 6.24. The number of aromatic hydroxyl groups is 5. The van der Waals surface area contributed by atoms with Crippen LogP contribution in [0.1, 0.15) is 55.6 Å². The fourth-order valence-electron chi connectivity index (χ4n) is 6.09. The second-order valence-corrected chi connectivity index (χ2v) is 12.2. The molecule has 0 saturated carbocycles. The third-order valence-electron chi connectivity index (χ3n) is 8.65. The van der Waals surface area contributed by atoms with E-state index in [1.165, 1.54) is 0 Å². The molecule has 0 aromatic heterocycles. The molecule has 0 amide bonds. The summed E-state index contributed by atoms with van der Waals surface area (Å²) in [6.07, 6.45) is 1.62. The summed E-state index contributed by atoms with van der Waals surface area (Å²) in [4.78, 5) is 0. The zero-order valence-electron chi connectivity index (χ0n) is 25.7. The molecule has 7 rings (SSSR count). The van der Waals surface area contributed by atoms with Crippen LogP contribution >= 0.6 is 11.6 Å². The Morgan fingerprint density at radius 3 is 0.617 bits per heavy atom. The molecule has 0 fully saturated rings. The highest BCUT2D eigenvalue weighted by Gasteiger charge is 2.18. The number of phenols is 5. The maximum Gasteiger partial charge on any atom is 0.122 e. The van der Waals surface area contributed by atoms with Crippen molar-refractivity contribution in [2.45, 2.75) is 32.1 Å². The highest BCUT2D eigenvalue weighted by atomic mass is 35.5. The largest absolute Gasteiger partial charge is 0.507 e. The van der Waals surface area contributed by atoms with Gasteiger partial charge in [-0.25, -0.2) is 0 Å². The number of benzene rings is 6. The fraction of sp³-hybridized carbons (Fsp3) is 0.122. The summed E-state index contributed by atoms with van der Waals surface area (Å²) in [6, 6.07) is 37.1. The van der Waals surface area contributed by atoms with Gasteiger partial charge in [0.25, 0.3) is 0 Å². The van der Waals surface area contributed by atoms with Crippen molar-refractivity contribution in [1.82, 2.24) is 0 Å². The van der Waals surface area contributed by atoms with Gasteiger partial charge in [-0.2, -0.15) is 0 Å². The first-order chi connectivity index (χ1) is 22.8. The molecule has 0 saturated heterocycles. The van der Waals surface area contributed by atoms with Crippen LogP contribution < -0.4 is 0 Å². The lowest BCUT2D eigenvalue weighted by Gasteiger charge is -2.16. The molecular weight excluding hydrogens is 608 g/mol. The van der Waals surface area contributed by atoms with Crippen LogP contribution in [0.25, 0.3) is 0 Å². The summed E-state index contributed by atoms with van der Waals surface area (Å²) in [5, 5.41) is 56.7. The molecule has 6 heteroatoms. The molecule has 6 aromatic rings. The smallest absolute Gasteiger partial charge is 0.122 e. The minimum absolute atomic E-state index is 0.127. The van der Waals surface area contributed by atoms with Gasteiger partial charge in [0, 0.05) is 37.1 Å². The average Bonchev–Trinajstić information content (AvgIpc) is 3.06. The van der Waals surface area contributed by atoms with Crippen molar-refractivity contribution >= 4 is 11.6 Å². The van der Waals surface area contributed by atoms with Gasteiger partial charge in [0.2, 0.25) is 0 Å². The van der Waals surface area contributed by atoms with Crippen LogP contribution in [-0.2, 0) is 32.1 Å². The lowest BCUT2D eigenvalue weighted by Crippen LogP contribution is -2.00. The van der Waals surface area contributed by atoms with Crippen LogP contribution in [0, 0.1) is 0 Å². The van der Waals surface area contributed by atoms with E-state index < -0.39 is 0 Å². The SMILES string of the molecule is Clc1ccccc1.Oc1c2cccc1Cc1cccc(c1O)Cc1cccc(c1O)Cc1cccc(c1O)Cc1cccc(c1O)C2. The van der Waals surface area contributed by atoms with E-state index >= 15 is 0 Å². The minimum atomic E-state index is 0.127. The maximum absolute atomic E-state index is 11.2. The Morgan fingerprint density at radius 2 is 0.468 bits per heavy atom. The van der Waals surface area contributed by atoms with Crippen molar-refractivity contribution in [3.05, 3.63) is 182 Å². The van der Waals surface area contributed by atoms with E-state index in [0.29, 0.717) is 87.7 Å². The molecule has 0 aliphatic heterocycles. The Bertz CT molecular complexity index is 1640. The molecule has 0 atom stereocenters. The van der Waals surface area contributed by atoms with Crippen molar-refractivity contribution in [3.63, 3.8) is 0 Å². The van der Waals surface area contributed by atoms with E-state index in [1.807, 2.05) is 121 Å². The second kappa shape index (κ2) is 13.9. The highest BCUT2D eigenvalue weighted by Crippen LogP contribution is 2.37. The summed E-state index contributed by atoms with van der Waals surface area (Å²) >= 11 is 5.54. The molecule has 6 aromatic carbocycles. The van der Waals surface area contributed by atoms with E-state index in [-0.39, 0.29) is 28.7 Å². The van der Waals surface area contributed by atoms with Crippen molar-refractivity contribution in [2.24, 2.45) is 0 Å². The second-order valence-electron chi connectivity index (χ2n) is 11.8. The summed E-state index contributed by atoms with van der Waals surface area (Å²) in [5.74, 6) is 0.635. The monoisotopic (exact) mass is 642 g/mol. The highest BCUT2D eigenvalue weighted by molar-refractivity contribution is 6.30. The third kappa shape index (κ3) is 7.06. The quantitative estimate of drug-likeness (QED) is 0.114. The first kappa shape index (κ1) is 31.6. The summed E-state index contributed by atoms with van der Waals surface area (Å²) in [6.45, 7) is 0. The van der Waals surface area contributed by atoms with E-state index in [0.717, 1.165) is 5.02 Å². The Labute approximate surface area is 279 Å². The van der Waals surface area contributed by atoms with Gasteiger partial charge in [0.1, 0.15) is 28.7 Å². The minimum Gasteiger partial charge on any atom is -0.507 e. The van der Waals surface area contributed by atoms with Gasteiger partial charge in [-0.15, -0.1) is 0 Å². The van der Waals surface area contributed by atoms with Crippen molar-refractivity contribution in [2.75, 3.05) is 0 Å². The molecule has 5 N–H and O–H groups in total. The van der Waals surface area contributed by atoms with Gasteiger partial charge < -0.3 is 25.5 Å². The van der Waals surface area contributed by atoms with Crippen molar-refractivity contribution < 1.29 is 25.5 Å². The van der Waals surface area contributed by atoms with E-state index in [9.17, 15) is 25.5 Å². The molecule has 0 heterocycles. The zero-order chi connectivity index (χ0) is 32.9. The predicted octanol–water partition coefficient (Wildman–Crippen LogP) is 8.82. The van der Waals surface area contributed by atoms with Crippen LogP contribution in [0.15, 0.2) is 121 Å². The number of halogens is 1. The summed E-state index contributed by atoms with van der Waals surface area (Å²) in [7, 11) is 0.